The summed E-state index contributed by atoms with van der Waals surface area (Å²) in [6.07, 6.45) is 0. The first kappa shape index (κ1) is 13.3. The summed E-state index contributed by atoms with van der Waals surface area (Å²) in [5.41, 5.74) is 0. The molecule has 0 aliphatic heterocycles. The lowest BCUT2D eigenvalue weighted by molar-refractivity contribution is 0.245. The van der Waals surface area contributed by atoms with Crippen LogP contribution in [0.4, 0.5) is 0 Å². The minimum Gasteiger partial charge on any atom is -0.395 e. The van der Waals surface area contributed by atoms with Gasteiger partial charge >= 0.3 is 0 Å². The highest BCUT2D eigenvalue weighted by molar-refractivity contribution is 7.99. The van der Waals surface area contributed by atoms with Gasteiger partial charge < -0.3 is 10.4 Å². The number of thioether (sulfide) groups is 1. The van der Waals surface area contributed by atoms with Gasteiger partial charge in [0.05, 0.1) is 6.61 Å². The maximum atomic E-state index is 8.83. The van der Waals surface area contributed by atoms with Gasteiger partial charge in [-0.3, -0.25) is 0 Å². The van der Waals surface area contributed by atoms with Gasteiger partial charge in [-0.2, -0.15) is 11.8 Å². The van der Waals surface area contributed by atoms with Gasteiger partial charge in [-0.05, 0) is 25.5 Å². The highest BCUT2D eigenvalue weighted by Gasteiger charge is 2.06. The fourth-order valence-electron chi connectivity index (χ4n) is 1.07. The van der Waals surface area contributed by atoms with Crippen LogP contribution in [-0.4, -0.2) is 35.3 Å². The quantitative estimate of drug-likeness (QED) is 0.664. The van der Waals surface area contributed by atoms with E-state index >= 15 is 0 Å². The monoisotopic (exact) mass is 205 g/mol. The highest BCUT2D eigenvalue weighted by Crippen LogP contribution is 2.08. The summed E-state index contributed by atoms with van der Waals surface area (Å²) < 4.78 is 0. The van der Waals surface area contributed by atoms with Crippen LogP contribution < -0.4 is 5.32 Å². The van der Waals surface area contributed by atoms with Gasteiger partial charge in [0.2, 0.25) is 0 Å². The summed E-state index contributed by atoms with van der Waals surface area (Å²) in [6, 6.07) is 0.709. The number of aliphatic hydroxyl groups excluding tert-OH is 1. The predicted octanol–water partition coefficient (Wildman–Crippen LogP) is 1.73. The van der Waals surface area contributed by atoms with Crippen molar-refractivity contribution in [1.82, 2.24) is 5.32 Å². The van der Waals surface area contributed by atoms with E-state index < -0.39 is 0 Å². The molecule has 2 N–H and O–H groups in total. The van der Waals surface area contributed by atoms with E-state index in [2.05, 4.69) is 26.1 Å². The summed E-state index contributed by atoms with van der Waals surface area (Å²) in [5.74, 6) is 3.12. The summed E-state index contributed by atoms with van der Waals surface area (Å²) in [5, 5.41) is 12.2. The van der Waals surface area contributed by atoms with Gasteiger partial charge in [-0.15, -0.1) is 0 Å². The normalized spacial score (nSPS) is 16.2. The van der Waals surface area contributed by atoms with Crippen LogP contribution in [0.15, 0.2) is 0 Å². The van der Waals surface area contributed by atoms with Crippen molar-refractivity contribution >= 4 is 11.8 Å². The fraction of sp³-hybridized carbons (Fsp3) is 1.00. The predicted molar refractivity (Wildman–Crippen MR) is 61.3 cm³/mol. The maximum absolute atomic E-state index is 8.83. The molecule has 0 aliphatic rings. The Bertz CT molecular complexity index is 119. The lowest BCUT2D eigenvalue weighted by Crippen LogP contribution is -2.38. The molecule has 0 aromatic rings. The van der Waals surface area contributed by atoms with Gasteiger partial charge in [-0.1, -0.05) is 13.8 Å². The molecule has 80 valence electrons. The molecule has 1 unspecified atom stereocenters. The smallest absolute Gasteiger partial charge is 0.0582 e. The molecule has 0 saturated heterocycles. The highest BCUT2D eigenvalue weighted by atomic mass is 32.2. The minimum atomic E-state index is 0.217. The Morgan fingerprint density at radius 3 is 2.15 bits per heavy atom. The number of nitrogens with one attached hydrogen (secondary N) is 1. The number of aliphatic hydroxyl groups is 1. The molecule has 0 amide bonds. The third-order valence-electron chi connectivity index (χ3n) is 1.66. The first-order valence-electron chi connectivity index (χ1n) is 5.01. The van der Waals surface area contributed by atoms with E-state index in [1.54, 1.807) is 0 Å². The zero-order chi connectivity index (χ0) is 10.3. The topological polar surface area (TPSA) is 32.3 Å². The van der Waals surface area contributed by atoms with Gasteiger partial charge in [0.15, 0.2) is 0 Å². The Balaban J connectivity index is 3.34. The molecule has 13 heavy (non-hydrogen) atoms. The molecule has 0 fully saturated rings. The van der Waals surface area contributed by atoms with E-state index in [4.69, 9.17) is 5.11 Å². The van der Waals surface area contributed by atoms with Gasteiger partial charge in [0.1, 0.15) is 0 Å². The first-order valence-corrected chi connectivity index (χ1v) is 6.16. The molecule has 0 aromatic carbocycles. The van der Waals surface area contributed by atoms with Crippen molar-refractivity contribution in [3.8, 4) is 0 Å². The van der Waals surface area contributed by atoms with Crippen molar-refractivity contribution in [1.29, 1.82) is 0 Å². The second kappa shape index (κ2) is 7.65. The van der Waals surface area contributed by atoms with Crippen molar-refractivity contribution in [3.63, 3.8) is 0 Å². The summed E-state index contributed by atoms with van der Waals surface area (Å²) in [6.45, 7) is 8.87. The molecule has 0 heterocycles. The maximum Gasteiger partial charge on any atom is 0.0582 e. The van der Waals surface area contributed by atoms with Crippen molar-refractivity contribution in [2.24, 2.45) is 5.92 Å². The van der Waals surface area contributed by atoms with E-state index in [1.807, 2.05) is 18.7 Å². The summed E-state index contributed by atoms with van der Waals surface area (Å²) in [4.78, 5) is 0. The van der Waals surface area contributed by atoms with Crippen molar-refractivity contribution in [2.45, 2.75) is 39.8 Å². The van der Waals surface area contributed by atoms with Crippen molar-refractivity contribution in [2.75, 3.05) is 18.1 Å². The zero-order valence-corrected chi connectivity index (χ0v) is 10.0. The lowest BCUT2D eigenvalue weighted by atomic mass is 10.3. The average Bonchev–Trinajstić information content (AvgIpc) is 2.03. The number of rotatable bonds is 7. The van der Waals surface area contributed by atoms with E-state index in [0.717, 1.165) is 11.7 Å². The largest absolute Gasteiger partial charge is 0.395 e. The SMILES string of the molecule is CC(C)CSCC(C)N[C@H](C)CO. The molecule has 0 bridgehead atoms. The molecule has 0 aromatic heterocycles. The second-order valence-electron chi connectivity index (χ2n) is 4.08. The van der Waals surface area contributed by atoms with Crippen LogP contribution in [0.25, 0.3) is 0 Å². The van der Waals surface area contributed by atoms with Crippen molar-refractivity contribution in [3.05, 3.63) is 0 Å². The third-order valence-corrected chi connectivity index (χ3v) is 3.30. The Morgan fingerprint density at radius 1 is 1.08 bits per heavy atom. The Morgan fingerprint density at radius 2 is 1.69 bits per heavy atom. The summed E-state index contributed by atoms with van der Waals surface area (Å²) in [7, 11) is 0. The van der Waals surface area contributed by atoms with Crippen LogP contribution >= 0.6 is 11.8 Å². The summed E-state index contributed by atoms with van der Waals surface area (Å²) >= 11 is 1.98. The van der Waals surface area contributed by atoms with Crippen LogP contribution in [0.5, 0.6) is 0 Å². The van der Waals surface area contributed by atoms with Crippen LogP contribution in [0.1, 0.15) is 27.7 Å². The fourth-order valence-corrected chi connectivity index (χ4v) is 2.12. The van der Waals surface area contributed by atoms with Gasteiger partial charge in [-0.25, -0.2) is 0 Å². The molecular formula is C10H23NOS. The molecule has 0 spiro atoms. The molecule has 2 nitrogen and oxygen atoms in total. The van der Waals surface area contributed by atoms with Crippen molar-refractivity contribution < 1.29 is 5.11 Å². The van der Waals surface area contributed by atoms with E-state index in [1.165, 1.54) is 5.75 Å². The minimum absolute atomic E-state index is 0.217. The van der Waals surface area contributed by atoms with E-state index in [9.17, 15) is 0 Å². The van der Waals surface area contributed by atoms with Gasteiger partial charge in [0, 0.05) is 17.8 Å². The van der Waals surface area contributed by atoms with Gasteiger partial charge in [0.25, 0.3) is 0 Å². The van der Waals surface area contributed by atoms with Crippen LogP contribution in [-0.2, 0) is 0 Å². The first-order chi connectivity index (χ1) is 6.06. The second-order valence-corrected chi connectivity index (χ2v) is 5.16. The molecule has 0 radical (unpaired) electrons. The Kier molecular flexibility index (Phi) is 7.81. The Hall–Kier alpha value is 0.270. The standard InChI is InChI=1S/C10H23NOS/c1-8(2)6-13-7-10(4)11-9(3)5-12/h8-12H,5-7H2,1-4H3/t9-,10?/m1/s1. The van der Waals surface area contributed by atoms with Crippen LogP contribution in [0.2, 0.25) is 0 Å². The third kappa shape index (κ3) is 8.60. The van der Waals surface area contributed by atoms with Crippen LogP contribution in [0.3, 0.4) is 0 Å². The molecule has 2 atom stereocenters. The average molecular weight is 205 g/mol. The molecular weight excluding hydrogens is 182 g/mol. The van der Waals surface area contributed by atoms with E-state index in [-0.39, 0.29) is 12.6 Å². The molecule has 3 heteroatoms. The zero-order valence-electron chi connectivity index (χ0n) is 9.21. The molecule has 0 saturated carbocycles. The molecule has 0 rings (SSSR count). The number of hydrogen-bond donors (Lipinski definition) is 2. The Labute approximate surface area is 86.5 Å². The van der Waals surface area contributed by atoms with Crippen LogP contribution in [0, 0.1) is 5.92 Å². The molecule has 0 aliphatic carbocycles. The van der Waals surface area contributed by atoms with E-state index in [0.29, 0.717) is 6.04 Å². The number of hydrogen-bond acceptors (Lipinski definition) is 3. The lowest BCUT2D eigenvalue weighted by Gasteiger charge is -2.18.